The summed E-state index contributed by atoms with van der Waals surface area (Å²) in [5, 5.41) is 9.18. The average Bonchev–Trinajstić information content (AvgIpc) is 2.86. The van der Waals surface area contributed by atoms with Gasteiger partial charge >= 0.3 is 0 Å². The average molecular weight is 321 g/mol. The van der Waals surface area contributed by atoms with E-state index in [4.69, 9.17) is 0 Å². The molecule has 0 aliphatic heterocycles. The highest BCUT2D eigenvalue weighted by Gasteiger charge is 2.16. The van der Waals surface area contributed by atoms with Gasteiger partial charge in [0.25, 0.3) is 0 Å². The number of aryl methyl sites for hydroxylation is 1. The minimum atomic E-state index is 0.507. The van der Waals surface area contributed by atoms with E-state index in [1.807, 2.05) is 16.9 Å². The van der Waals surface area contributed by atoms with Crippen molar-refractivity contribution in [3.63, 3.8) is 0 Å². The zero-order valence-corrected chi connectivity index (χ0v) is 14.1. The number of nitrogens with one attached hydrogen (secondary N) is 1. The lowest BCUT2D eigenvalue weighted by molar-refractivity contribution is 0.618. The monoisotopic (exact) mass is 321 g/mol. The number of anilines is 1. The summed E-state index contributed by atoms with van der Waals surface area (Å²) in [5.74, 6) is 0.908. The van der Waals surface area contributed by atoms with E-state index < -0.39 is 0 Å². The molecule has 1 aliphatic carbocycles. The number of hydrogen-bond donors (Lipinski definition) is 1. The summed E-state index contributed by atoms with van der Waals surface area (Å²) in [6, 6.07) is 8.81. The van der Waals surface area contributed by atoms with Crippen LogP contribution in [0.15, 0.2) is 36.8 Å². The van der Waals surface area contributed by atoms with Crippen LogP contribution in [0.4, 0.5) is 5.82 Å². The third-order valence-corrected chi connectivity index (χ3v) is 4.81. The van der Waals surface area contributed by atoms with Gasteiger partial charge in [-0.1, -0.05) is 37.8 Å². The highest BCUT2D eigenvalue weighted by atomic mass is 15.3. The van der Waals surface area contributed by atoms with E-state index in [-0.39, 0.29) is 0 Å². The third kappa shape index (κ3) is 2.98. The first-order chi connectivity index (χ1) is 11.8. The summed E-state index contributed by atoms with van der Waals surface area (Å²) in [7, 11) is 0. The van der Waals surface area contributed by atoms with E-state index in [1.54, 1.807) is 6.33 Å². The first-order valence-electron chi connectivity index (χ1n) is 8.83. The lowest BCUT2D eigenvalue weighted by Crippen LogP contribution is -2.19. The van der Waals surface area contributed by atoms with Gasteiger partial charge in [0.05, 0.1) is 17.3 Å². The molecular weight excluding hydrogens is 298 g/mol. The Balaban J connectivity index is 1.68. The van der Waals surface area contributed by atoms with Gasteiger partial charge in [0.2, 0.25) is 0 Å². The fourth-order valence-corrected chi connectivity index (χ4v) is 3.52. The lowest BCUT2D eigenvalue weighted by Gasteiger charge is -2.17. The van der Waals surface area contributed by atoms with Crippen LogP contribution < -0.4 is 5.32 Å². The number of nitrogens with zero attached hydrogens (tertiary/aromatic N) is 4. The maximum Gasteiger partial charge on any atom is 0.168 e. The van der Waals surface area contributed by atoms with Crippen molar-refractivity contribution in [1.29, 1.82) is 0 Å². The largest absolute Gasteiger partial charge is 0.367 e. The number of fused-ring (bicyclic) bond motifs is 1. The van der Waals surface area contributed by atoms with Crippen LogP contribution in [0.2, 0.25) is 0 Å². The number of rotatable bonds is 3. The van der Waals surface area contributed by atoms with Crippen molar-refractivity contribution < 1.29 is 0 Å². The fraction of sp³-hybridized carbons (Fsp3) is 0.421. The topological polar surface area (TPSA) is 55.6 Å². The summed E-state index contributed by atoms with van der Waals surface area (Å²) < 4.78 is 1.89. The van der Waals surface area contributed by atoms with Gasteiger partial charge in [0, 0.05) is 6.04 Å². The predicted molar refractivity (Wildman–Crippen MR) is 96.5 cm³/mol. The molecule has 1 aliphatic rings. The molecule has 0 spiro atoms. The second kappa shape index (κ2) is 6.59. The third-order valence-electron chi connectivity index (χ3n) is 4.81. The van der Waals surface area contributed by atoms with Crippen molar-refractivity contribution in [2.24, 2.45) is 0 Å². The van der Waals surface area contributed by atoms with Crippen LogP contribution in [0.3, 0.4) is 0 Å². The predicted octanol–water partition coefficient (Wildman–Crippen LogP) is 4.26. The molecule has 1 N–H and O–H groups in total. The Bertz CT molecular complexity index is 831. The molecule has 124 valence electrons. The van der Waals surface area contributed by atoms with E-state index in [1.165, 1.54) is 44.1 Å². The van der Waals surface area contributed by atoms with Crippen LogP contribution in [-0.2, 0) is 0 Å². The minimum Gasteiger partial charge on any atom is -0.367 e. The first-order valence-corrected chi connectivity index (χ1v) is 8.83. The van der Waals surface area contributed by atoms with E-state index in [9.17, 15) is 0 Å². The van der Waals surface area contributed by atoms with E-state index in [2.05, 4.69) is 45.5 Å². The highest BCUT2D eigenvalue weighted by molar-refractivity contribution is 5.87. The van der Waals surface area contributed by atoms with Gasteiger partial charge in [-0.25, -0.2) is 14.6 Å². The summed E-state index contributed by atoms with van der Waals surface area (Å²) in [5.41, 5.74) is 3.10. The molecule has 1 fully saturated rings. The fourth-order valence-electron chi connectivity index (χ4n) is 3.52. The van der Waals surface area contributed by atoms with Gasteiger partial charge in [-0.15, -0.1) is 0 Å². The summed E-state index contributed by atoms with van der Waals surface area (Å²) in [6.07, 6.45) is 11.2. The second-order valence-electron chi connectivity index (χ2n) is 6.69. The SMILES string of the molecule is Cc1cccc(-n2ncc3c(NC4CCCCCC4)ncnc32)c1. The Morgan fingerprint density at radius 1 is 1.08 bits per heavy atom. The molecule has 0 unspecified atom stereocenters. The lowest BCUT2D eigenvalue weighted by atomic mass is 10.1. The van der Waals surface area contributed by atoms with Gasteiger partial charge in [0.1, 0.15) is 12.1 Å². The van der Waals surface area contributed by atoms with Crippen molar-refractivity contribution in [2.75, 3.05) is 5.32 Å². The second-order valence-corrected chi connectivity index (χ2v) is 6.69. The number of benzene rings is 1. The molecule has 0 saturated heterocycles. The number of hydrogen-bond acceptors (Lipinski definition) is 4. The van der Waals surface area contributed by atoms with E-state index >= 15 is 0 Å². The molecular formula is C19H23N5. The molecule has 1 aromatic carbocycles. The van der Waals surface area contributed by atoms with E-state index in [0.717, 1.165) is 22.5 Å². The Morgan fingerprint density at radius 3 is 2.71 bits per heavy atom. The van der Waals surface area contributed by atoms with Crippen molar-refractivity contribution in [1.82, 2.24) is 19.7 Å². The molecule has 2 heterocycles. The maximum absolute atomic E-state index is 4.55. The normalized spacial score (nSPS) is 16.2. The Morgan fingerprint density at radius 2 is 1.92 bits per heavy atom. The van der Waals surface area contributed by atoms with Gasteiger partial charge in [-0.05, 0) is 37.5 Å². The quantitative estimate of drug-likeness (QED) is 0.732. The molecule has 4 rings (SSSR count). The van der Waals surface area contributed by atoms with Crippen LogP contribution >= 0.6 is 0 Å². The van der Waals surface area contributed by atoms with Gasteiger partial charge < -0.3 is 5.32 Å². The zero-order chi connectivity index (χ0) is 16.4. The van der Waals surface area contributed by atoms with Gasteiger partial charge in [0.15, 0.2) is 5.65 Å². The van der Waals surface area contributed by atoms with Crippen molar-refractivity contribution in [3.8, 4) is 5.69 Å². The van der Waals surface area contributed by atoms with Crippen LogP contribution in [0.5, 0.6) is 0 Å². The van der Waals surface area contributed by atoms with Gasteiger partial charge in [-0.2, -0.15) is 5.10 Å². The van der Waals surface area contributed by atoms with Crippen LogP contribution in [0.25, 0.3) is 16.7 Å². The van der Waals surface area contributed by atoms with Gasteiger partial charge in [-0.3, -0.25) is 0 Å². The van der Waals surface area contributed by atoms with Crippen LogP contribution in [0.1, 0.15) is 44.1 Å². The summed E-state index contributed by atoms with van der Waals surface area (Å²) >= 11 is 0. The highest BCUT2D eigenvalue weighted by Crippen LogP contribution is 2.25. The van der Waals surface area contributed by atoms with Crippen molar-refractivity contribution in [3.05, 3.63) is 42.4 Å². The molecule has 5 nitrogen and oxygen atoms in total. The van der Waals surface area contributed by atoms with Crippen LogP contribution in [-0.4, -0.2) is 25.8 Å². The molecule has 0 atom stereocenters. The zero-order valence-electron chi connectivity index (χ0n) is 14.1. The maximum atomic E-state index is 4.55. The van der Waals surface area contributed by atoms with E-state index in [0.29, 0.717) is 6.04 Å². The summed E-state index contributed by atoms with van der Waals surface area (Å²) in [4.78, 5) is 8.95. The Kier molecular flexibility index (Phi) is 4.15. The Labute approximate surface area is 142 Å². The molecule has 2 aromatic heterocycles. The smallest absolute Gasteiger partial charge is 0.168 e. The standard InChI is InChI=1S/C19H23N5/c1-14-7-6-10-16(11-14)24-19-17(12-22-24)18(20-13-21-19)23-15-8-4-2-3-5-9-15/h6-7,10-13,15H,2-5,8-9H2,1H3,(H,20,21,23). The molecule has 0 bridgehead atoms. The molecule has 1 saturated carbocycles. The molecule has 3 aromatic rings. The molecule has 5 heteroatoms. The Hall–Kier alpha value is -2.43. The first kappa shape index (κ1) is 15.1. The minimum absolute atomic E-state index is 0.507. The number of aromatic nitrogens is 4. The molecule has 24 heavy (non-hydrogen) atoms. The molecule has 0 radical (unpaired) electrons. The van der Waals surface area contributed by atoms with Crippen molar-refractivity contribution in [2.45, 2.75) is 51.5 Å². The van der Waals surface area contributed by atoms with Crippen LogP contribution in [0, 0.1) is 6.92 Å². The van der Waals surface area contributed by atoms with Crippen molar-refractivity contribution >= 4 is 16.9 Å². The molecule has 0 amide bonds. The summed E-state index contributed by atoms with van der Waals surface area (Å²) in [6.45, 7) is 2.09.